The smallest absolute Gasteiger partial charge is 0.287 e. The second-order valence-electron chi connectivity index (χ2n) is 3.50. The second kappa shape index (κ2) is 5.56. The third kappa shape index (κ3) is 3.54. The molecule has 2 unspecified atom stereocenters. The summed E-state index contributed by atoms with van der Waals surface area (Å²) in [5, 5.41) is 2.82. The quantitative estimate of drug-likeness (QED) is 0.867. The highest BCUT2D eigenvalue weighted by atomic mass is 79.9. The number of hydrogen-bond donors (Lipinski definition) is 1. The van der Waals surface area contributed by atoms with Crippen molar-refractivity contribution in [2.75, 3.05) is 5.88 Å². The summed E-state index contributed by atoms with van der Waals surface area (Å²) in [6.45, 7) is 3.90. The molecule has 0 aliphatic carbocycles. The molecule has 1 aromatic heterocycles. The van der Waals surface area contributed by atoms with Crippen molar-refractivity contribution in [3.8, 4) is 0 Å². The fraction of sp³-hybridized carbons (Fsp3) is 0.500. The van der Waals surface area contributed by atoms with Gasteiger partial charge in [0.05, 0.1) is 0 Å². The molecule has 0 spiro atoms. The zero-order valence-electron chi connectivity index (χ0n) is 8.59. The van der Waals surface area contributed by atoms with Crippen molar-refractivity contribution in [1.82, 2.24) is 5.32 Å². The Hall–Kier alpha value is -0.480. The van der Waals surface area contributed by atoms with Crippen molar-refractivity contribution in [3.05, 3.63) is 22.6 Å². The highest BCUT2D eigenvalue weighted by molar-refractivity contribution is 9.10. The van der Waals surface area contributed by atoms with Gasteiger partial charge in [0.2, 0.25) is 0 Å². The van der Waals surface area contributed by atoms with E-state index in [2.05, 4.69) is 21.2 Å². The minimum atomic E-state index is -0.217. The lowest BCUT2D eigenvalue weighted by Gasteiger charge is -2.18. The number of halogens is 2. The Kier molecular flexibility index (Phi) is 4.67. The molecule has 15 heavy (non-hydrogen) atoms. The van der Waals surface area contributed by atoms with Crippen molar-refractivity contribution in [3.63, 3.8) is 0 Å². The molecule has 1 amide bonds. The van der Waals surface area contributed by atoms with Crippen molar-refractivity contribution in [1.29, 1.82) is 0 Å². The summed E-state index contributed by atoms with van der Waals surface area (Å²) in [7, 11) is 0. The summed E-state index contributed by atoms with van der Waals surface area (Å²) >= 11 is 8.84. The van der Waals surface area contributed by atoms with Crippen LogP contribution in [0.2, 0.25) is 0 Å². The van der Waals surface area contributed by atoms with E-state index < -0.39 is 0 Å². The van der Waals surface area contributed by atoms with Gasteiger partial charge >= 0.3 is 0 Å². The van der Waals surface area contributed by atoms with Crippen LogP contribution in [0.25, 0.3) is 0 Å². The molecule has 0 fully saturated rings. The topological polar surface area (TPSA) is 42.2 Å². The van der Waals surface area contributed by atoms with E-state index >= 15 is 0 Å². The summed E-state index contributed by atoms with van der Waals surface area (Å²) in [6.07, 6.45) is 0. The Bertz CT molecular complexity index is 340. The van der Waals surface area contributed by atoms with Crippen LogP contribution in [0.3, 0.4) is 0 Å². The minimum Gasteiger partial charge on any atom is -0.444 e. The van der Waals surface area contributed by atoms with Crippen molar-refractivity contribution in [2.45, 2.75) is 19.9 Å². The average Bonchev–Trinajstić information content (AvgIpc) is 2.63. The second-order valence-corrected chi connectivity index (χ2v) is 4.59. The largest absolute Gasteiger partial charge is 0.444 e. The molecule has 0 radical (unpaired) electrons. The number of rotatable bonds is 4. The molecule has 0 saturated heterocycles. The van der Waals surface area contributed by atoms with E-state index in [1.807, 2.05) is 13.8 Å². The maximum absolute atomic E-state index is 11.6. The summed E-state index contributed by atoms with van der Waals surface area (Å²) in [5.74, 6) is 0.832. The lowest BCUT2D eigenvalue weighted by Crippen LogP contribution is -2.37. The fourth-order valence-electron chi connectivity index (χ4n) is 0.990. The highest BCUT2D eigenvalue weighted by Crippen LogP contribution is 2.14. The standard InChI is InChI=1S/C10H13BrClNO2/c1-6(5-12)7(2)13-10(14)8-3-4-9(11)15-8/h3-4,6-7H,5H2,1-2H3,(H,13,14). The van der Waals surface area contributed by atoms with Crippen LogP contribution in [0.5, 0.6) is 0 Å². The zero-order chi connectivity index (χ0) is 11.4. The zero-order valence-corrected chi connectivity index (χ0v) is 10.9. The van der Waals surface area contributed by atoms with Crippen LogP contribution in [-0.2, 0) is 0 Å². The highest BCUT2D eigenvalue weighted by Gasteiger charge is 2.17. The number of alkyl halides is 1. The molecule has 1 rings (SSSR count). The SMILES string of the molecule is CC(CCl)C(C)NC(=O)c1ccc(Br)o1. The van der Waals surface area contributed by atoms with Crippen molar-refractivity contribution in [2.24, 2.45) is 5.92 Å². The fourth-order valence-corrected chi connectivity index (χ4v) is 1.56. The van der Waals surface area contributed by atoms with Gasteiger partial charge in [-0.2, -0.15) is 0 Å². The molecule has 5 heteroatoms. The number of carbonyl (C=O) groups excluding carboxylic acids is 1. The number of carbonyl (C=O) groups is 1. The van der Waals surface area contributed by atoms with E-state index in [-0.39, 0.29) is 17.9 Å². The van der Waals surface area contributed by atoms with Crippen LogP contribution < -0.4 is 5.32 Å². The summed E-state index contributed by atoms with van der Waals surface area (Å²) in [6, 6.07) is 3.33. The Balaban J connectivity index is 2.56. The number of amides is 1. The molecular formula is C10H13BrClNO2. The summed E-state index contributed by atoms with van der Waals surface area (Å²) in [4.78, 5) is 11.6. The van der Waals surface area contributed by atoms with Crippen molar-refractivity contribution >= 4 is 33.4 Å². The first kappa shape index (κ1) is 12.6. The molecular weight excluding hydrogens is 281 g/mol. The van der Waals surface area contributed by atoms with Crippen LogP contribution in [0.1, 0.15) is 24.4 Å². The van der Waals surface area contributed by atoms with Gasteiger partial charge in [-0.15, -0.1) is 11.6 Å². The van der Waals surface area contributed by atoms with Gasteiger partial charge < -0.3 is 9.73 Å². The molecule has 84 valence electrons. The van der Waals surface area contributed by atoms with Gasteiger partial charge in [0.25, 0.3) is 5.91 Å². The van der Waals surface area contributed by atoms with Crippen LogP contribution in [-0.4, -0.2) is 17.8 Å². The first-order valence-corrected chi connectivity index (χ1v) is 5.99. The Morgan fingerprint density at radius 3 is 2.73 bits per heavy atom. The monoisotopic (exact) mass is 293 g/mol. The van der Waals surface area contributed by atoms with Crippen LogP contribution >= 0.6 is 27.5 Å². The number of nitrogens with one attached hydrogen (secondary N) is 1. The molecule has 0 aliphatic heterocycles. The molecule has 1 N–H and O–H groups in total. The van der Waals surface area contributed by atoms with E-state index in [0.29, 0.717) is 16.3 Å². The molecule has 0 aromatic carbocycles. The average molecular weight is 295 g/mol. The van der Waals surface area contributed by atoms with Gasteiger partial charge in [-0.1, -0.05) is 6.92 Å². The van der Waals surface area contributed by atoms with Gasteiger partial charge in [-0.05, 0) is 40.9 Å². The minimum absolute atomic E-state index is 0.0267. The van der Waals surface area contributed by atoms with Gasteiger partial charge in [0.15, 0.2) is 10.4 Å². The van der Waals surface area contributed by atoms with Gasteiger partial charge in [0.1, 0.15) is 0 Å². The predicted octanol–water partition coefficient (Wildman–Crippen LogP) is 3.04. The molecule has 1 aromatic rings. The molecule has 0 bridgehead atoms. The third-order valence-electron chi connectivity index (χ3n) is 2.25. The summed E-state index contributed by atoms with van der Waals surface area (Å²) in [5.41, 5.74) is 0. The van der Waals surface area contributed by atoms with Gasteiger partial charge in [-0.25, -0.2) is 0 Å². The van der Waals surface area contributed by atoms with Gasteiger partial charge in [-0.3, -0.25) is 4.79 Å². The third-order valence-corrected chi connectivity index (χ3v) is 3.17. The van der Waals surface area contributed by atoms with Crippen LogP contribution in [0.15, 0.2) is 21.2 Å². The number of furan rings is 1. The molecule has 2 atom stereocenters. The normalized spacial score (nSPS) is 14.7. The molecule has 0 aliphatic rings. The first-order chi connectivity index (χ1) is 7.04. The van der Waals surface area contributed by atoms with E-state index in [1.165, 1.54) is 0 Å². The number of hydrogen-bond acceptors (Lipinski definition) is 2. The Morgan fingerprint density at radius 1 is 1.60 bits per heavy atom. The van der Waals surface area contributed by atoms with Crippen LogP contribution in [0.4, 0.5) is 0 Å². The van der Waals surface area contributed by atoms with E-state index in [0.717, 1.165) is 0 Å². The predicted molar refractivity (Wildman–Crippen MR) is 63.2 cm³/mol. The molecule has 1 heterocycles. The molecule has 0 saturated carbocycles. The van der Waals surface area contributed by atoms with Crippen molar-refractivity contribution < 1.29 is 9.21 Å². The maximum atomic E-state index is 11.6. The van der Waals surface area contributed by atoms with Crippen LogP contribution in [0, 0.1) is 5.92 Å². The van der Waals surface area contributed by atoms with Gasteiger partial charge in [0, 0.05) is 11.9 Å². The Morgan fingerprint density at radius 2 is 2.27 bits per heavy atom. The maximum Gasteiger partial charge on any atom is 0.287 e. The lowest BCUT2D eigenvalue weighted by molar-refractivity contribution is 0.0901. The van der Waals surface area contributed by atoms with E-state index in [4.69, 9.17) is 16.0 Å². The summed E-state index contributed by atoms with van der Waals surface area (Å²) < 4.78 is 5.68. The first-order valence-electron chi connectivity index (χ1n) is 4.66. The molecule has 3 nitrogen and oxygen atoms in total. The van der Waals surface area contributed by atoms with E-state index in [9.17, 15) is 4.79 Å². The van der Waals surface area contributed by atoms with E-state index in [1.54, 1.807) is 12.1 Å². The lowest BCUT2D eigenvalue weighted by atomic mass is 10.1. The Labute approximate surface area is 102 Å².